The van der Waals surface area contributed by atoms with Crippen LogP contribution in [0, 0.1) is 0 Å². The van der Waals surface area contributed by atoms with Crippen LogP contribution in [-0.4, -0.2) is 29.8 Å². The first kappa shape index (κ1) is 12.5. The summed E-state index contributed by atoms with van der Waals surface area (Å²) in [5, 5.41) is 7.41. The number of likely N-dealkylation sites (N-methyl/N-ethyl adjacent to an activating group) is 1. The second-order valence-electron chi connectivity index (χ2n) is 3.68. The summed E-state index contributed by atoms with van der Waals surface area (Å²) in [6.07, 6.45) is 0. The van der Waals surface area contributed by atoms with Crippen molar-refractivity contribution in [2.24, 2.45) is 0 Å². The van der Waals surface area contributed by atoms with Crippen LogP contribution in [0.4, 0.5) is 0 Å². The Hall–Kier alpha value is -0.520. The van der Waals surface area contributed by atoms with Crippen LogP contribution in [-0.2, 0) is 4.74 Å². The minimum atomic E-state index is 0.211. The third kappa shape index (κ3) is 3.22. The Bertz CT molecular complexity index is 288. The van der Waals surface area contributed by atoms with E-state index in [1.165, 1.54) is 16.4 Å². The average molecular weight is 229 g/mol. The normalized spacial score (nSPS) is 13.4. The van der Waals surface area contributed by atoms with E-state index < -0.39 is 0 Å². The van der Waals surface area contributed by atoms with Crippen molar-refractivity contribution in [3.63, 3.8) is 0 Å². The van der Waals surface area contributed by atoms with Crippen LogP contribution in [0.2, 0.25) is 0 Å². The standard InChI is InChI=1S/C10H19N3OS/c1-5-14-6-8(11-4)10-9(7(2)3)12-13-15-10/h7-8,11H,5-6H2,1-4H3. The van der Waals surface area contributed by atoms with Crippen molar-refractivity contribution in [1.82, 2.24) is 14.9 Å². The van der Waals surface area contributed by atoms with Gasteiger partial charge in [-0.3, -0.25) is 0 Å². The van der Waals surface area contributed by atoms with E-state index in [1.54, 1.807) is 0 Å². The van der Waals surface area contributed by atoms with Gasteiger partial charge >= 0.3 is 0 Å². The van der Waals surface area contributed by atoms with Gasteiger partial charge in [0.1, 0.15) is 0 Å². The zero-order chi connectivity index (χ0) is 11.3. The lowest BCUT2D eigenvalue weighted by atomic mass is 10.1. The van der Waals surface area contributed by atoms with E-state index >= 15 is 0 Å². The molecule has 0 saturated heterocycles. The van der Waals surface area contributed by atoms with Gasteiger partial charge in [-0.2, -0.15) is 0 Å². The van der Waals surface area contributed by atoms with Gasteiger partial charge in [-0.15, -0.1) is 5.10 Å². The molecular weight excluding hydrogens is 210 g/mol. The molecule has 15 heavy (non-hydrogen) atoms. The second-order valence-corrected chi connectivity index (χ2v) is 4.46. The van der Waals surface area contributed by atoms with Crippen molar-refractivity contribution in [2.45, 2.75) is 32.7 Å². The van der Waals surface area contributed by atoms with Crippen LogP contribution in [0.5, 0.6) is 0 Å². The largest absolute Gasteiger partial charge is 0.380 e. The number of hydrogen-bond acceptors (Lipinski definition) is 5. The van der Waals surface area contributed by atoms with Gasteiger partial charge in [0.25, 0.3) is 0 Å². The van der Waals surface area contributed by atoms with Gasteiger partial charge in [-0.05, 0) is 31.4 Å². The van der Waals surface area contributed by atoms with Gasteiger partial charge in [0.2, 0.25) is 0 Å². The molecule has 0 fully saturated rings. The Morgan fingerprint density at radius 1 is 1.47 bits per heavy atom. The molecule has 0 amide bonds. The molecule has 0 aliphatic carbocycles. The number of nitrogens with zero attached hydrogens (tertiary/aromatic N) is 2. The Morgan fingerprint density at radius 2 is 2.20 bits per heavy atom. The highest BCUT2D eigenvalue weighted by Gasteiger charge is 2.19. The molecule has 0 bridgehead atoms. The van der Waals surface area contributed by atoms with Gasteiger partial charge in [-0.1, -0.05) is 18.3 Å². The second kappa shape index (κ2) is 6.15. The lowest BCUT2D eigenvalue weighted by Gasteiger charge is -2.15. The zero-order valence-corrected chi connectivity index (χ0v) is 10.6. The van der Waals surface area contributed by atoms with Gasteiger partial charge in [-0.25, -0.2) is 0 Å². The number of aromatic nitrogens is 2. The first-order valence-corrected chi connectivity index (χ1v) is 6.05. The van der Waals surface area contributed by atoms with E-state index in [9.17, 15) is 0 Å². The van der Waals surface area contributed by atoms with Crippen LogP contribution in [0.3, 0.4) is 0 Å². The number of ether oxygens (including phenoxy) is 1. The van der Waals surface area contributed by atoms with Crippen molar-refractivity contribution < 1.29 is 4.74 Å². The fourth-order valence-electron chi connectivity index (χ4n) is 1.37. The van der Waals surface area contributed by atoms with Gasteiger partial charge in [0, 0.05) is 6.61 Å². The highest BCUT2D eigenvalue weighted by Crippen LogP contribution is 2.26. The fourth-order valence-corrected chi connectivity index (χ4v) is 2.27. The average Bonchev–Trinajstić information content (AvgIpc) is 2.68. The van der Waals surface area contributed by atoms with E-state index in [2.05, 4.69) is 28.8 Å². The van der Waals surface area contributed by atoms with Gasteiger partial charge in [0.15, 0.2) is 0 Å². The fraction of sp³-hybridized carbons (Fsp3) is 0.800. The van der Waals surface area contributed by atoms with E-state index in [0.717, 1.165) is 12.3 Å². The van der Waals surface area contributed by atoms with Crippen LogP contribution >= 0.6 is 11.5 Å². The minimum Gasteiger partial charge on any atom is -0.380 e. The lowest BCUT2D eigenvalue weighted by Crippen LogP contribution is -2.22. The molecule has 86 valence electrons. The van der Waals surface area contributed by atoms with Crippen LogP contribution in [0.25, 0.3) is 0 Å². The maximum absolute atomic E-state index is 5.43. The Morgan fingerprint density at radius 3 is 2.73 bits per heavy atom. The van der Waals surface area contributed by atoms with Crippen molar-refractivity contribution in [2.75, 3.05) is 20.3 Å². The SMILES string of the molecule is CCOCC(NC)c1snnc1C(C)C. The quantitative estimate of drug-likeness (QED) is 0.810. The summed E-state index contributed by atoms with van der Waals surface area (Å²) < 4.78 is 9.45. The molecule has 1 N–H and O–H groups in total. The summed E-state index contributed by atoms with van der Waals surface area (Å²) in [5.74, 6) is 0.413. The maximum Gasteiger partial charge on any atom is 0.0829 e. The van der Waals surface area contributed by atoms with E-state index in [4.69, 9.17) is 4.74 Å². The van der Waals surface area contributed by atoms with E-state index in [-0.39, 0.29) is 6.04 Å². The maximum atomic E-state index is 5.43. The molecule has 0 saturated carbocycles. The van der Waals surface area contributed by atoms with Crippen molar-refractivity contribution in [3.8, 4) is 0 Å². The molecule has 0 aromatic carbocycles. The molecule has 0 radical (unpaired) electrons. The van der Waals surface area contributed by atoms with Crippen LogP contribution in [0.15, 0.2) is 0 Å². The van der Waals surface area contributed by atoms with Gasteiger partial charge < -0.3 is 10.1 Å². The topological polar surface area (TPSA) is 47.0 Å². The molecule has 1 unspecified atom stereocenters. The van der Waals surface area contributed by atoms with Crippen molar-refractivity contribution >= 4 is 11.5 Å². The smallest absolute Gasteiger partial charge is 0.0829 e. The zero-order valence-electron chi connectivity index (χ0n) is 9.78. The minimum absolute atomic E-state index is 0.211. The third-order valence-electron chi connectivity index (χ3n) is 2.24. The Kier molecular flexibility index (Phi) is 5.14. The predicted molar refractivity (Wildman–Crippen MR) is 62.3 cm³/mol. The molecule has 1 aromatic rings. The first-order valence-electron chi connectivity index (χ1n) is 5.27. The highest BCUT2D eigenvalue weighted by atomic mass is 32.1. The number of hydrogen-bond donors (Lipinski definition) is 1. The third-order valence-corrected chi connectivity index (χ3v) is 3.09. The summed E-state index contributed by atoms with van der Waals surface area (Å²) in [5.41, 5.74) is 1.08. The summed E-state index contributed by atoms with van der Waals surface area (Å²) in [6, 6.07) is 0.211. The summed E-state index contributed by atoms with van der Waals surface area (Å²) in [7, 11) is 1.94. The highest BCUT2D eigenvalue weighted by molar-refractivity contribution is 7.05. The molecule has 4 nitrogen and oxygen atoms in total. The Balaban J connectivity index is 2.76. The molecule has 0 aliphatic heterocycles. The van der Waals surface area contributed by atoms with Crippen LogP contribution < -0.4 is 5.32 Å². The number of nitrogens with one attached hydrogen (secondary N) is 1. The number of rotatable bonds is 6. The first-order chi connectivity index (χ1) is 7.20. The van der Waals surface area contributed by atoms with Crippen LogP contribution in [0.1, 0.15) is 43.3 Å². The van der Waals surface area contributed by atoms with E-state index in [1.807, 2.05) is 14.0 Å². The summed E-state index contributed by atoms with van der Waals surface area (Å²) >= 11 is 1.46. The molecule has 1 heterocycles. The molecular formula is C10H19N3OS. The predicted octanol–water partition coefficient (Wildman–Crippen LogP) is 1.96. The summed E-state index contributed by atoms with van der Waals surface area (Å²) in [6.45, 7) is 7.68. The molecule has 5 heteroatoms. The molecule has 1 rings (SSSR count). The monoisotopic (exact) mass is 229 g/mol. The Labute approximate surface area is 95.2 Å². The molecule has 1 aromatic heterocycles. The summed E-state index contributed by atoms with van der Waals surface area (Å²) in [4.78, 5) is 1.20. The lowest BCUT2D eigenvalue weighted by molar-refractivity contribution is 0.126. The van der Waals surface area contributed by atoms with Gasteiger partial charge in [0.05, 0.1) is 23.2 Å². The molecule has 0 aliphatic rings. The molecule has 1 atom stereocenters. The molecule has 0 spiro atoms. The van der Waals surface area contributed by atoms with Crippen molar-refractivity contribution in [1.29, 1.82) is 0 Å². The van der Waals surface area contributed by atoms with Crippen molar-refractivity contribution in [3.05, 3.63) is 10.6 Å². The van der Waals surface area contributed by atoms with E-state index in [0.29, 0.717) is 12.5 Å².